The van der Waals surface area contributed by atoms with Crippen LogP contribution >= 0.6 is 60.1 Å². The maximum atomic E-state index is 11.1. The molecular formula is C18H20Br4O8. The summed E-state index contributed by atoms with van der Waals surface area (Å²) >= 11 is 12.4. The normalized spacial score (nSPS) is 42.0. The van der Waals surface area contributed by atoms with Crippen molar-refractivity contribution in [1.29, 1.82) is 0 Å². The first-order valence-corrected chi connectivity index (χ1v) is 14.6. The van der Waals surface area contributed by atoms with Gasteiger partial charge in [0.05, 0.1) is 23.7 Å². The van der Waals surface area contributed by atoms with Gasteiger partial charge in [-0.3, -0.25) is 19.2 Å². The number of hydrogen-bond donors (Lipinski definition) is 4. The highest BCUT2D eigenvalue weighted by atomic mass is 80.9. The summed E-state index contributed by atoms with van der Waals surface area (Å²) in [5, 5.41) is 35.8. The molecule has 4 rings (SSSR count). The van der Waals surface area contributed by atoms with Crippen molar-refractivity contribution in [3.63, 3.8) is 0 Å². The topological polar surface area (TPSA) is 149 Å². The number of alkyl halides is 2. The number of carbonyl (C=O) groups is 4. The molecule has 10 atom stereocenters. The van der Waals surface area contributed by atoms with Crippen LogP contribution in [0.15, 0.2) is 12.2 Å². The molecule has 12 heteroatoms. The van der Waals surface area contributed by atoms with E-state index in [0.717, 1.165) is 0 Å². The number of halogens is 4. The molecule has 4 N–H and O–H groups in total. The summed E-state index contributed by atoms with van der Waals surface area (Å²) in [6, 6.07) is 0. The fourth-order valence-electron chi connectivity index (χ4n) is 5.44. The molecule has 30 heavy (non-hydrogen) atoms. The van der Waals surface area contributed by atoms with Gasteiger partial charge in [0.2, 0.25) is 0 Å². The highest BCUT2D eigenvalue weighted by Crippen LogP contribution is 2.57. The zero-order valence-corrected chi connectivity index (χ0v) is 21.6. The average molecular weight is 684 g/mol. The fourth-order valence-corrected chi connectivity index (χ4v) is 7.31. The van der Waals surface area contributed by atoms with E-state index in [9.17, 15) is 19.2 Å². The molecule has 0 radical (unpaired) electrons. The molecule has 4 bridgehead atoms. The van der Waals surface area contributed by atoms with Crippen LogP contribution in [0.5, 0.6) is 0 Å². The van der Waals surface area contributed by atoms with Gasteiger partial charge in [0.1, 0.15) is 0 Å². The molecule has 0 aliphatic heterocycles. The third-order valence-electron chi connectivity index (χ3n) is 6.58. The lowest BCUT2D eigenvalue weighted by molar-refractivity contribution is -0.155. The molecule has 0 amide bonds. The molecule has 0 aromatic rings. The number of carboxylic acids is 4. The molecule has 4 aliphatic carbocycles. The van der Waals surface area contributed by atoms with Gasteiger partial charge in [-0.25, -0.2) is 0 Å². The molecule has 3 saturated carbocycles. The van der Waals surface area contributed by atoms with Crippen LogP contribution in [0, 0.1) is 47.3 Å². The van der Waals surface area contributed by atoms with Crippen LogP contribution < -0.4 is 0 Å². The van der Waals surface area contributed by atoms with Gasteiger partial charge in [0.25, 0.3) is 0 Å². The summed E-state index contributed by atoms with van der Waals surface area (Å²) in [5.74, 6) is -7.13. The number of hydrogen-bond acceptors (Lipinski definition) is 4. The Bertz CT molecular complexity index is 686. The fraction of sp³-hybridized carbons (Fsp3) is 0.667. The number of fused-ring (bicyclic) bond motifs is 4. The van der Waals surface area contributed by atoms with E-state index in [2.05, 4.69) is 60.1 Å². The van der Waals surface area contributed by atoms with E-state index in [1.807, 2.05) is 12.2 Å². The SMILES string of the molecule is BrBr.O=C(O)[C@@H]1C2C=CC(C2)[C@@H]1C(=O)O.O=C(O)[C@@H]1C2CC(C(Br)C2Br)[C@@H]1C(=O)O. The Morgan fingerprint density at radius 3 is 1.17 bits per heavy atom. The molecule has 168 valence electrons. The van der Waals surface area contributed by atoms with Gasteiger partial charge < -0.3 is 20.4 Å². The van der Waals surface area contributed by atoms with E-state index in [0.29, 0.717) is 12.8 Å². The second-order valence-corrected chi connectivity index (χ2v) is 9.97. The van der Waals surface area contributed by atoms with Crippen LogP contribution in [0.25, 0.3) is 0 Å². The third kappa shape index (κ3) is 4.66. The second kappa shape index (κ2) is 10.4. The summed E-state index contributed by atoms with van der Waals surface area (Å²) in [6.45, 7) is 0. The molecule has 3 fully saturated rings. The third-order valence-corrected chi connectivity index (χ3v) is 9.78. The maximum absolute atomic E-state index is 11.1. The quantitative estimate of drug-likeness (QED) is 0.258. The number of rotatable bonds is 4. The summed E-state index contributed by atoms with van der Waals surface area (Å²) < 4.78 is 0. The standard InChI is InChI=1S/C9H10Br2O4.C9H10O4.Br2/c10-6-2-1-3(7(6)11)5(9(14)15)4(2)8(12)13;10-8(11)6-4-1-2-5(3-4)7(6)9(12)13;1-2/h2-7H,1H2,(H,12,13)(H,14,15);1-2,4-7H,3H2,(H,10,11)(H,12,13);/t2?,3?,4-,5+,6?,7?;4?,5?,6-,7+;. The van der Waals surface area contributed by atoms with E-state index >= 15 is 0 Å². The van der Waals surface area contributed by atoms with E-state index in [1.54, 1.807) is 0 Å². The van der Waals surface area contributed by atoms with Crippen molar-refractivity contribution in [3.05, 3.63) is 12.2 Å². The van der Waals surface area contributed by atoms with Gasteiger partial charge in [0.15, 0.2) is 0 Å². The molecule has 6 unspecified atom stereocenters. The van der Waals surface area contributed by atoms with Crippen LogP contribution in [0.4, 0.5) is 0 Å². The molecule has 4 aliphatic rings. The van der Waals surface area contributed by atoms with E-state index in [-0.39, 0.29) is 33.3 Å². The van der Waals surface area contributed by atoms with Gasteiger partial charge in [-0.05, 0) is 36.5 Å². The van der Waals surface area contributed by atoms with Crippen LogP contribution in [-0.4, -0.2) is 54.0 Å². The molecule has 0 aromatic carbocycles. The van der Waals surface area contributed by atoms with Crippen molar-refractivity contribution in [2.45, 2.75) is 22.5 Å². The highest BCUT2D eigenvalue weighted by Gasteiger charge is 2.61. The number of allylic oxidation sites excluding steroid dienone is 2. The molecule has 0 saturated heterocycles. The Labute approximate surface area is 204 Å². The van der Waals surface area contributed by atoms with Crippen molar-refractivity contribution in [3.8, 4) is 0 Å². The predicted octanol–water partition coefficient (Wildman–Crippen LogP) is 3.85. The number of aliphatic carboxylic acids is 4. The van der Waals surface area contributed by atoms with Crippen molar-refractivity contribution in [1.82, 2.24) is 0 Å². The summed E-state index contributed by atoms with van der Waals surface area (Å²) in [5.41, 5.74) is 0. The minimum absolute atomic E-state index is 0.0661. The van der Waals surface area contributed by atoms with Crippen molar-refractivity contribution >= 4 is 84.0 Å². The predicted molar refractivity (Wildman–Crippen MR) is 120 cm³/mol. The van der Waals surface area contributed by atoms with Crippen LogP contribution in [-0.2, 0) is 19.2 Å². The Balaban J connectivity index is 0.000000199. The molecule has 0 heterocycles. The summed E-state index contributed by atoms with van der Waals surface area (Å²) in [6.07, 6.45) is 5.04. The van der Waals surface area contributed by atoms with Gasteiger partial charge >= 0.3 is 23.9 Å². The number of carboxylic acid groups (broad SMARTS) is 4. The van der Waals surface area contributed by atoms with Crippen LogP contribution in [0.1, 0.15) is 12.8 Å². The van der Waals surface area contributed by atoms with E-state index in [4.69, 9.17) is 20.4 Å². The first-order valence-electron chi connectivity index (χ1n) is 9.08. The molecular weight excluding hydrogens is 664 g/mol. The molecule has 0 aromatic heterocycles. The molecule has 8 nitrogen and oxygen atoms in total. The Hall–Kier alpha value is -0.460. The lowest BCUT2D eigenvalue weighted by Crippen LogP contribution is -2.43. The largest absolute Gasteiger partial charge is 0.481 e. The smallest absolute Gasteiger partial charge is 0.307 e. The monoisotopic (exact) mass is 680 g/mol. The minimum Gasteiger partial charge on any atom is -0.481 e. The van der Waals surface area contributed by atoms with E-state index in [1.165, 1.54) is 0 Å². The zero-order valence-electron chi connectivity index (χ0n) is 15.3. The summed E-state index contributed by atoms with van der Waals surface area (Å²) in [7, 11) is 0. The van der Waals surface area contributed by atoms with Gasteiger partial charge in [-0.2, -0.15) is 0 Å². The highest BCUT2D eigenvalue weighted by molar-refractivity contribution is 9.93. The maximum Gasteiger partial charge on any atom is 0.307 e. The Morgan fingerprint density at radius 1 is 0.600 bits per heavy atom. The second-order valence-electron chi connectivity index (χ2n) is 7.86. The Kier molecular flexibility index (Phi) is 8.98. The molecule has 0 spiro atoms. The lowest BCUT2D eigenvalue weighted by atomic mass is 9.79. The van der Waals surface area contributed by atoms with E-state index < -0.39 is 47.5 Å². The van der Waals surface area contributed by atoms with Crippen LogP contribution in [0.3, 0.4) is 0 Å². The van der Waals surface area contributed by atoms with Crippen molar-refractivity contribution in [2.75, 3.05) is 0 Å². The minimum atomic E-state index is -0.987. The summed E-state index contributed by atoms with van der Waals surface area (Å²) in [4.78, 5) is 43.9. The zero-order chi connectivity index (χ0) is 22.9. The van der Waals surface area contributed by atoms with Gasteiger partial charge in [-0.15, -0.1) is 0 Å². The van der Waals surface area contributed by atoms with Gasteiger partial charge in [-0.1, -0.05) is 44.0 Å². The first-order chi connectivity index (χ1) is 14.1. The average Bonchev–Trinajstić information content (AvgIpc) is 3.44. The lowest BCUT2D eigenvalue weighted by Gasteiger charge is -2.31. The first kappa shape index (κ1) is 25.8. The Morgan fingerprint density at radius 2 is 0.900 bits per heavy atom. The van der Waals surface area contributed by atoms with Crippen molar-refractivity contribution < 1.29 is 39.6 Å². The van der Waals surface area contributed by atoms with Crippen LogP contribution in [0.2, 0.25) is 0 Å². The van der Waals surface area contributed by atoms with Crippen molar-refractivity contribution in [2.24, 2.45) is 47.3 Å². The van der Waals surface area contributed by atoms with Gasteiger partial charge in [0, 0.05) is 37.9 Å².